The summed E-state index contributed by atoms with van der Waals surface area (Å²) in [6, 6.07) is 11.8. The molecule has 0 unspecified atom stereocenters. The Morgan fingerprint density at radius 3 is 2.45 bits per heavy atom. The van der Waals surface area contributed by atoms with Gasteiger partial charge in [-0.3, -0.25) is 9.59 Å². The van der Waals surface area contributed by atoms with Crippen molar-refractivity contribution in [1.82, 2.24) is 0 Å². The zero-order valence-corrected chi connectivity index (χ0v) is 18.2. The summed E-state index contributed by atoms with van der Waals surface area (Å²) in [4.78, 5) is 36.8. The number of ether oxygens (including phenoxy) is 1. The van der Waals surface area contributed by atoms with Gasteiger partial charge in [0.2, 0.25) is 5.91 Å². The van der Waals surface area contributed by atoms with Crippen LogP contribution >= 0.6 is 0 Å². The molecule has 6 heteroatoms. The lowest BCUT2D eigenvalue weighted by atomic mass is 9.86. The molecular weight excluding hydrogens is 392 g/mol. The van der Waals surface area contributed by atoms with Crippen LogP contribution in [-0.4, -0.2) is 24.9 Å². The number of nitrogens with one attached hydrogen (secondary N) is 2. The second-order valence-electron chi connectivity index (χ2n) is 8.15. The van der Waals surface area contributed by atoms with E-state index in [1.807, 2.05) is 19.1 Å². The smallest absolute Gasteiger partial charge is 0.337 e. The first-order valence-corrected chi connectivity index (χ1v) is 10.9. The van der Waals surface area contributed by atoms with E-state index in [4.69, 9.17) is 4.74 Å². The van der Waals surface area contributed by atoms with Gasteiger partial charge in [0.05, 0.1) is 12.7 Å². The number of benzene rings is 2. The summed E-state index contributed by atoms with van der Waals surface area (Å²) in [7, 11) is 1.30. The predicted octanol–water partition coefficient (Wildman–Crippen LogP) is 5.33. The number of hydrogen-bond acceptors (Lipinski definition) is 4. The number of rotatable bonds is 7. The number of methoxy groups -OCH3 is 1. The van der Waals surface area contributed by atoms with Gasteiger partial charge in [-0.05, 0) is 55.2 Å². The largest absolute Gasteiger partial charge is 0.465 e. The van der Waals surface area contributed by atoms with Gasteiger partial charge in [0.1, 0.15) is 0 Å². The summed E-state index contributed by atoms with van der Waals surface area (Å²) in [5, 5.41) is 5.81. The lowest BCUT2D eigenvalue weighted by Crippen LogP contribution is -2.16. The highest BCUT2D eigenvalue weighted by atomic mass is 16.5. The highest BCUT2D eigenvalue weighted by Crippen LogP contribution is 2.27. The molecule has 1 aliphatic rings. The maximum Gasteiger partial charge on any atom is 0.337 e. The van der Waals surface area contributed by atoms with Crippen LogP contribution < -0.4 is 10.6 Å². The first-order valence-electron chi connectivity index (χ1n) is 10.9. The van der Waals surface area contributed by atoms with Crippen LogP contribution in [-0.2, 0) is 9.53 Å². The first-order chi connectivity index (χ1) is 15.0. The Labute approximate surface area is 183 Å². The molecule has 31 heavy (non-hydrogen) atoms. The summed E-state index contributed by atoms with van der Waals surface area (Å²) >= 11 is 0. The lowest BCUT2D eigenvalue weighted by Gasteiger charge is -2.21. The summed E-state index contributed by atoms with van der Waals surface area (Å²) < 4.78 is 4.71. The van der Waals surface area contributed by atoms with Gasteiger partial charge < -0.3 is 15.4 Å². The molecule has 6 nitrogen and oxygen atoms in total. The Hall–Kier alpha value is -3.15. The van der Waals surface area contributed by atoms with Crippen molar-refractivity contribution in [1.29, 1.82) is 0 Å². The van der Waals surface area contributed by atoms with Crippen LogP contribution in [0.25, 0.3) is 0 Å². The Kier molecular flexibility index (Phi) is 7.82. The fourth-order valence-corrected chi connectivity index (χ4v) is 3.97. The maximum absolute atomic E-state index is 12.7. The monoisotopic (exact) mass is 422 g/mol. The molecule has 2 N–H and O–H groups in total. The number of amides is 2. The molecule has 0 spiro atoms. The standard InChI is InChI=1S/C25H30N2O4/c1-17-11-13-21(26-23(28)14-12-18-7-4-3-5-8-18)16-22(17)27-24(29)19-9-6-10-20(15-19)25(30)31-2/h6,9-11,13,15-16,18H,3-5,7-8,12,14H2,1-2H3,(H,26,28)(H,27,29). The predicted molar refractivity (Wildman–Crippen MR) is 121 cm³/mol. The Morgan fingerprint density at radius 1 is 0.968 bits per heavy atom. The number of carbonyl (C=O) groups excluding carboxylic acids is 3. The van der Waals surface area contributed by atoms with Crippen molar-refractivity contribution in [3.05, 3.63) is 59.2 Å². The number of esters is 1. The molecule has 3 rings (SSSR count). The van der Waals surface area contributed by atoms with E-state index in [0.717, 1.165) is 12.0 Å². The molecule has 0 atom stereocenters. The SMILES string of the molecule is COC(=O)c1cccc(C(=O)Nc2cc(NC(=O)CCC3CCCCC3)ccc2C)c1. The second-order valence-corrected chi connectivity index (χ2v) is 8.15. The van der Waals surface area contributed by atoms with E-state index >= 15 is 0 Å². The van der Waals surface area contributed by atoms with Crippen molar-refractivity contribution in [3.8, 4) is 0 Å². The van der Waals surface area contributed by atoms with Crippen LogP contribution in [0.4, 0.5) is 11.4 Å². The van der Waals surface area contributed by atoms with E-state index in [-0.39, 0.29) is 11.8 Å². The fraction of sp³-hybridized carbons (Fsp3) is 0.400. The highest BCUT2D eigenvalue weighted by Gasteiger charge is 2.16. The number of anilines is 2. The Morgan fingerprint density at radius 2 is 1.71 bits per heavy atom. The van der Waals surface area contributed by atoms with Gasteiger partial charge in [-0.15, -0.1) is 0 Å². The number of carbonyl (C=O) groups is 3. The summed E-state index contributed by atoms with van der Waals surface area (Å²) in [5.41, 5.74) is 2.80. The molecule has 1 aliphatic carbocycles. The molecule has 0 bridgehead atoms. The first kappa shape index (κ1) is 22.5. The van der Waals surface area contributed by atoms with Crippen LogP contribution in [0.5, 0.6) is 0 Å². The molecule has 0 aliphatic heterocycles. The van der Waals surface area contributed by atoms with Gasteiger partial charge in [0, 0.05) is 23.4 Å². The van der Waals surface area contributed by atoms with Crippen molar-refractivity contribution in [2.45, 2.75) is 51.9 Å². The minimum absolute atomic E-state index is 0.00233. The van der Waals surface area contributed by atoms with E-state index in [1.165, 1.54) is 45.3 Å². The fourth-order valence-electron chi connectivity index (χ4n) is 3.97. The minimum atomic E-state index is -0.497. The molecule has 2 aromatic rings. The van der Waals surface area contributed by atoms with Gasteiger partial charge in [0.15, 0.2) is 0 Å². The lowest BCUT2D eigenvalue weighted by molar-refractivity contribution is -0.116. The average molecular weight is 423 g/mol. The van der Waals surface area contributed by atoms with Crippen LogP contribution in [0.1, 0.15) is 71.2 Å². The Bertz CT molecular complexity index is 948. The van der Waals surface area contributed by atoms with Crippen molar-refractivity contribution in [2.24, 2.45) is 5.92 Å². The quantitative estimate of drug-likeness (QED) is 0.591. The minimum Gasteiger partial charge on any atom is -0.465 e. The van der Waals surface area contributed by atoms with E-state index < -0.39 is 5.97 Å². The third-order valence-electron chi connectivity index (χ3n) is 5.82. The molecule has 1 saturated carbocycles. The van der Waals surface area contributed by atoms with Crippen LogP contribution in [0.15, 0.2) is 42.5 Å². The molecular formula is C25H30N2O4. The van der Waals surface area contributed by atoms with E-state index in [1.54, 1.807) is 24.3 Å². The van der Waals surface area contributed by atoms with E-state index in [0.29, 0.717) is 34.8 Å². The highest BCUT2D eigenvalue weighted by molar-refractivity contribution is 6.06. The van der Waals surface area contributed by atoms with E-state index in [9.17, 15) is 14.4 Å². The van der Waals surface area contributed by atoms with Crippen LogP contribution in [0, 0.1) is 12.8 Å². The molecule has 0 heterocycles. The van der Waals surface area contributed by atoms with Gasteiger partial charge in [0.25, 0.3) is 5.91 Å². The van der Waals surface area contributed by atoms with Crippen LogP contribution in [0.2, 0.25) is 0 Å². The summed E-state index contributed by atoms with van der Waals surface area (Å²) in [6.07, 6.45) is 7.76. The second kappa shape index (κ2) is 10.8. The maximum atomic E-state index is 12.7. The molecule has 2 amide bonds. The van der Waals surface area contributed by atoms with Gasteiger partial charge in [-0.1, -0.05) is 44.2 Å². The molecule has 2 aromatic carbocycles. The zero-order valence-electron chi connectivity index (χ0n) is 18.2. The number of hydrogen-bond donors (Lipinski definition) is 2. The topological polar surface area (TPSA) is 84.5 Å². The molecule has 0 aromatic heterocycles. The zero-order chi connectivity index (χ0) is 22.2. The summed E-state index contributed by atoms with van der Waals surface area (Å²) in [6.45, 7) is 1.88. The van der Waals surface area contributed by atoms with Crippen molar-refractivity contribution < 1.29 is 19.1 Å². The summed E-state index contributed by atoms with van der Waals surface area (Å²) in [5.74, 6) is -0.177. The third kappa shape index (κ3) is 6.41. The van der Waals surface area contributed by atoms with Crippen LogP contribution in [0.3, 0.4) is 0 Å². The third-order valence-corrected chi connectivity index (χ3v) is 5.82. The molecule has 0 radical (unpaired) electrons. The van der Waals surface area contributed by atoms with Crippen molar-refractivity contribution in [3.63, 3.8) is 0 Å². The van der Waals surface area contributed by atoms with E-state index in [2.05, 4.69) is 10.6 Å². The van der Waals surface area contributed by atoms with Gasteiger partial charge >= 0.3 is 5.97 Å². The van der Waals surface area contributed by atoms with Gasteiger partial charge in [-0.2, -0.15) is 0 Å². The Balaban J connectivity index is 1.62. The number of aryl methyl sites for hydroxylation is 1. The normalized spacial score (nSPS) is 14.0. The molecule has 1 fully saturated rings. The molecule has 0 saturated heterocycles. The average Bonchev–Trinajstić information content (AvgIpc) is 2.80. The van der Waals surface area contributed by atoms with Gasteiger partial charge in [-0.25, -0.2) is 4.79 Å². The molecule has 164 valence electrons. The van der Waals surface area contributed by atoms with Crippen molar-refractivity contribution >= 4 is 29.2 Å². The van der Waals surface area contributed by atoms with Crippen molar-refractivity contribution in [2.75, 3.05) is 17.7 Å².